The van der Waals surface area contributed by atoms with Gasteiger partial charge in [-0.1, -0.05) is 36.9 Å². The van der Waals surface area contributed by atoms with Crippen molar-refractivity contribution in [2.75, 3.05) is 26.2 Å². The molecule has 0 bridgehead atoms. The van der Waals surface area contributed by atoms with Gasteiger partial charge in [-0.05, 0) is 33.6 Å². The van der Waals surface area contributed by atoms with E-state index in [1.54, 1.807) is 6.92 Å². The fourth-order valence-corrected chi connectivity index (χ4v) is 2.65. The molecule has 0 aliphatic carbocycles. The summed E-state index contributed by atoms with van der Waals surface area (Å²) in [4.78, 5) is 11.3. The van der Waals surface area contributed by atoms with Crippen molar-refractivity contribution in [2.45, 2.75) is 40.2 Å². The zero-order valence-electron chi connectivity index (χ0n) is 14.7. The maximum atomic E-state index is 11.3. The van der Waals surface area contributed by atoms with Crippen molar-refractivity contribution in [1.29, 1.82) is 0 Å². The van der Waals surface area contributed by atoms with E-state index in [1.165, 1.54) is 5.56 Å². The van der Waals surface area contributed by atoms with Crippen molar-refractivity contribution < 1.29 is 38.0 Å². The first-order valence-electron chi connectivity index (χ1n) is 8.24. The lowest BCUT2D eigenvalue weighted by atomic mass is 10.1. The number of hydrogen-bond acceptors (Lipinski definition) is 2. The lowest BCUT2D eigenvalue weighted by Gasteiger charge is -2.37. The van der Waals surface area contributed by atoms with Crippen molar-refractivity contribution in [3.05, 3.63) is 48.0 Å². The smallest absolute Gasteiger partial charge is 0.333 e. The van der Waals surface area contributed by atoms with E-state index in [4.69, 9.17) is 4.74 Å². The van der Waals surface area contributed by atoms with E-state index in [0.717, 1.165) is 43.5 Å². The summed E-state index contributed by atoms with van der Waals surface area (Å²) in [6.45, 7) is 14.7. The topological polar surface area (TPSA) is 26.3 Å². The van der Waals surface area contributed by atoms with Gasteiger partial charge in [0.15, 0.2) is 0 Å². The number of halogens is 1. The fourth-order valence-electron chi connectivity index (χ4n) is 2.65. The molecule has 0 aliphatic heterocycles. The molecule has 0 saturated heterocycles. The van der Waals surface area contributed by atoms with Crippen LogP contribution in [0.3, 0.4) is 0 Å². The molecule has 0 fully saturated rings. The molecule has 0 N–H and O–H groups in total. The highest BCUT2D eigenvalue weighted by Gasteiger charge is 2.23. The average Bonchev–Trinajstić information content (AvgIpc) is 2.54. The first kappa shape index (κ1) is 22.1. The van der Waals surface area contributed by atoms with Crippen LogP contribution in [0.2, 0.25) is 0 Å². The Morgan fingerprint density at radius 2 is 1.74 bits per heavy atom. The van der Waals surface area contributed by atoms with Crippen LogP contribution in [0.5, 0.6) is 0 Å². The van der Waals surface area contributed by atoms with Crippen molar-refractivity contribution in [3.8, 4) is 0 Å². The molecule has 23 heavy (non-hydrogen) atoms. The summed E-state index contributed by atoms with van der Waals surface area (Å²) in [5.41, 5.74) is 1.86. The van der Waals surface area contributed by atoms with Gasteiger partial charge in [0.1, 0.15) is 6.54 Å². The largest absolute Gasteiger partial charge is 1.00 e. The zero-order valence-corrected chi connectivity index (χ0v) is 16.8. The third kappa shape index (κ3) is 7.97. The van der Waals surface area contributed by atoms with Crippen LogP contribution in [-0.2, 0) is 16.1 Å². The summed E-state index contributed by atoms with van der Waals surface area (Å²) in [6.07, 6.45) is 1.98. The third-order valence-electron chi connectivity index (χ3n) is 4.31. The van der Waals surface area contributed by atoms with Gasteiger partial charge in [0.2, 0.25) is 0 Å². The van der Waals surface area contributed by atoms with Gasteiger partial charge in [-0.2, -0.15) is 0 Å². The van der Waals surface area contributed by atoms with Crippen LogP contribution in [0.4, 0.5) is 0 Å². The van der Waals surface area contributed by atoms with Gasteiger partial charge in [0.05, 0.1) is 26.2 Å². The second kappa shape index (κ2) is 11.6. The van der Waals surface area contributed by atoms with Gasteiger partial charge in [-0.15, -0.1) is 0 Å². The Morgan fingerprint density at radius 3 is 2.26 bits per heavy atom. The summed E-state index contributed by atoms with van der Waals surface area (Å²) in [7, 11) is 0. The Labute approximate surface area is 158 Å². The number of rotatable bonds is 10. The molecule has 0 atom stereocenters. The van der Waals surface area contributed by atoms with Crippen LogP contribution in [-0.4, -0.2) is 36.7 Å². The molecule has 1 aromatic rings. The molecule has 0 aliphatic rings. The molecular formula is C19H30INO2. The van der Waals surface area contributed by atoms with Gasteiger partial charge in [-0.3, -0.25) is 0 Å². The molecule has 0 spiro atoms. The first-order chi connectivity index (χ1) is 10.5. The van der Waals surface area contributed by atoms with Crippen molar-refractivity contribution in [2.24, 2.45) is 0 Å². The van der Waals surface area contributed by atoms with E-state index < -0.39 is 0 Å². The predicted molar refractivity (Wildman–Crippen MR) is 91.4 cm³/mol. The number of unbranched alkanes of at least 4 members (excludes halogenated alkanes) is 1. The minimum absolute atomic E-state index is 0. The SMILES string of the molecule is C=C(C)C(=O)OCCCC[N+](CC)(CC)Cc1ccccc1.[I-]. The number of ether oxygens (including phenoxy) is 1. The summed E-state index contributed by atoms with van der Waals surface area (Å²) in [5.74, 6) is -0.281. The Morgan fingerprint density at radius 1 is 1.13 bits per heavy atom. The molecule has 3 nitrogen and oxygen atoms in total. The molecule has 0 unspecified atom stereocenters. The maximum Gasteiger partial charge on any atom is 0.333 e. The molecule has 4 heteroatoms. The first-order valence-corrected chi connectivity index (χ1v) is 8.24. The Kier molecular flexibility index (Phi) is 11.2. The number of benzene rings is 1. The van der Waals surface area contributed by atoms with Gasteiger partial charge < -0.3 is 33.2 Å². The molecule has 1 aromatic carbocycles. The predicted octanol–water partition coefficient (Wildman–Crippen LogP) is 0.947. The van der Waals surface area contributed by atoms with Crippen LogP contribution in [0.15, 0.2) is 42.5 Å². The van der Waals surface area contributed by atoms with Gasteiger partial charge in [-0.25, -0.2) is 4.79 Å². The van der Waals surface area contributed by atoms with Crippen molar-refractivity contribution in [1.82, 2.24) is 0 Å². The standard InChI is InChI=1S/C19H30NO2.HI/c1-5-20(6-2,16-18-12-8-7-9-13-18)14-10-11-15-22-19(21)17(3)4;/h7-9,12-13H,3,5-6,10-11,14-16H2,1-2,4H3;1H/q+1;/p-1. The highest BCUT2D eigenvalue weighted by molar-refractivity contribution is 5.86. The van der Waals surface area contributed by atoms with Gasteiger partial charge >= 0.3 is 5.97 Å². The summed E-state index contributed by atoms with van der Waals surface area (Å²) in [6, 6.07) is 10.7. The number of esters is 1. The molecule has 0 heterocycles. The number of quaternary nitrogens is 1. The molecule has 0 saturated carbocycles. The lowest BCUT2D eigenvalue weighted by molar-refractivity contribution is -0.938. The van der Waals surface area contributed by atoms with Crippen LogP contribution >= 0.6 is 0 Å². The second-order valence-electron chi connectivity index (χ2n) is 5.96. The second-order valence-corrected chi connectivity index (χ2v) is 5.96. The van der Waals surface area contributed by atoms with E-state index in [2.05, 4.69) is 50.8 Å². The Bertz CT molecular complexity index is 470. The number of carbonyl (C=O) groups is 1. The number of nitrogens with zero attached hydrogens (tertiary/aromatic N) is 1. The zero-order chi connectivity index (χ0) is 16.4. The van der Waals surface area contributed by atoms with E-state index in [0.29, 0.717) is 12.2 Å². The van der Waals surface area contributed by atoms with Gasteiger partial charge in [0, 0.05) is 11.1 Å². The minimum atomic E-state index is -0.281. The lowest BCUT2D eigenvalue weighted by Crippen LogP contribution is -3.00. The van der Waals surface area contributed by atoms with E-state index >= 15 is 0 Å². The van der Waals surface area contributed by atoms with E-state index in [9.17, 15) is 4.79 Å². The highest BCUT2D eigenvalue weighted by Crippen LogP contribution is 2.16. The molecule has 130 valence electrons. The molecule has 0 aromatic heterocycles. The van der Waals surface area contributed by atoms with Crippen LogP contribution in [0.25, 0.3) is 0 Å². The number of carbonyl (C=O) groups excluding carboxylic acids is 1. The summed E-state index contributed by atoms with van der Waals surface area (Å²) < 4.78 is 6.24. The average molecular weight is 431 g/mol. The molecule has 1 rings (SSSR count). The summed E-state index contributed by atoms with van der Waals surface area (Å²) in [5, 5.41) is 0. The quantitative estimate of drug-likeness (QED) is 0.181. The molecular weight excluding hydrogens is 401 g/mol. The Hall–Kier alpha value is -0.880. The van der Waals surface area contributed by atoms with Crippen LogP contribution in [0.1, 0.15) is 39.2 Å². The fraction of sp³-hybridized carbons (Fsp3) is 0.526. The van der Waals surface area contributed by atoms with E-state index in [1.807, 2.05) is 0 Å². The third-order valence-corrected chi connectivity index (χ3v) is 4.31. The van der Waals surface area contributed by atoms with Crippen molar-refractivity contribution in [3.63, 3.8) is 0 Å². The Balaban J connectivity index is 0.00000484. The maximum absolute atomic E-state index is 11.3. The minimum Gasteiger partial charge on any atom is -1.00 e. The number of hydrogen-bond donors (Lipinski definition) is 0. The summed E-state index contributed by atoms with van der Waals surface area (Å²) >= 11 is 0. The molecule has 0 amide bonds. The van der Waals surface area contributed by atoms with E-state index in [-0.39, 0.29) is 29.9 Å². The molecule has 0 radical (unpaired) electrons. The van der Waals surface area contributed by atoms with Gasteiger partial charge in [0.25, 0.3) is 0 Å². The highest BCUT2D eigenvalue weighted by atomic mass is 127. The van der Waals surface area contributed by atoms with Crippen molar-refractivity contribution >= 4 is 5.97 Å². The monoisotopic (exact) mass is 431 g/mol. The van der Waals surface area contributed by atoms with Crippen LogP contribution in [0, 0.1) is 0 Å². The normalized spacial score (nSPS) is 10.7. The van der Waals surface area contributed by atoms with Crippen LogP contribution < -0.4 is 24.0 Å².